The number of rotatable bonds is 7. The minimum atomic E-state index is -0.727. The SMILES string of the molecule is O=C(O)CCC1CCN(CC(=O)NCc2ccco2)CC1. The van der Waals surface area contributed by atoms with Crippen LogP contribution in [0.4, 0.5) is 0 Å². The summed E-state index contributed by atoms with van der Waals surface area (Å²) in [5.41, 5.74) is 0. The number of furan rings is 1. The van der Waals surface area contributed by atoms with Gasteiger partial charge in [0.1, 0.15) is 5.76 Å². The van der Waals surface area contributed by atoms with Crippen LogP contribution < -0.4 is 5.32 Å². The number of nitrogens with zero attached hydrogens (tertiary/aromatic N) is 1. The molecule has 0 aliphatic carbocycles. The van der Waals surface area contributed by atoms with E-state index in [9.17, 15) is 9.59 Å². The van der Waals surface area contributed by atoms with Gasteiger partial charge in [0, 0.05) is 6.42 Å². The van der Waals surface area contributed by atoms with Crippen molar-refractivity contribution in [2.75, 3.05) is 19.6 Å². The Morgan fingerprint density at radius 3 is 2.76 bits per heavy atom. The van der Waals surface area contributed by atoms with E-state index in [1.165, 1.54) is 0 Å². The molecule has 2 rings (SSSR count). The second-order valence-corrected chi connectivity index (χ2v) is 5.51. The van der Waals surface area contributed by atoms with E-state index in [1.807, 2.05) is 6.07 Å². The number of hydrogen-bond donors (Lipinski definition) is 2. The molecule has 0 radical (unpaired) electrons. The van der Waals surface area contributed by atoms with Gasteiger partial charge in [-0.25, -0.2) is 0 Å². The van der Waals surface area contributed by atoms with Crippen LogP contribution in [0, 0.1) is 5.92 Å². The first-order valence-corrected chi connectivity index (χ1v) is 7.36. The summed E-state index contributed by atoms with van der Waals surface area (Å²) in [6, 6.07) is 3.62. The number of nitrogens with one attached hydrogen (secondary N) is 1. The van der Waals surface area contributed by atoms with Gasteiger partial charge in [-0.2, -0.15) is 0 Å². The molecule has 1 aliphatic rings. The van der Waals surface area contributed by atoms with Gasteiger partial charge in [0.2, 0.25) is 5.91 Å². The molecule has 2 heterocycles. The van der Waals surface area contributed by atoms with Gasteiger partial charge in [-0.3, -0.25) is 14.5 Å². The maximum Gasteiger partial charge on any atom is 0.303 e. The average molecular weight is 294 g/mol. The Bertz CT molecular complexity index is 450. The summed E-state index contributed by atoms with van der Waals surface area (Å²) < 4.78 is 5.16. The smallest absolute Gasteiger partial charge is 0.303 e. The van der Waals surface area contributed by atoms with Crippen LogP contribution in [0.1, 0.15) is 31.4 Å². The van der Waals surface area contributed by atoms with Crippen LogP contribution in [0.15, 0.2) is 22.8 Å². The van der Waals surface area contributed by atoms with Crippen molar-refractivity contribution in [2.45, 2.75) is 32.2 Å². The molecule has 21 heavy (non-hydrogen) atoms. The highest BCUT2D eigenvalue weighted by Crippen LogP contribution is 2.21. The lowest BCUT2D eigenvalue weighted by atomic mass is 9.92. The molecule has 0 bridgehead atoms. The van der Waals surface area contributed by atoms with E-state index < -0.39 is 5.97 Å². The van der Waals surface area contributed by atoms with Gasteiger partial charge in [0.25, 0.3) is 0 Å². The highest BCUT2D eigenvalue weighted by atomic mass is 16.4. The number of aliphatic carboxylic acids is 1. The Kier molecular flexibility index (Phi) is 5.80. The van der Waals surface area contributed by atoms with Crippen molar-refractivity contribution in [3.63, 3.8) is 0 Å². The normalized spacial score (nSPS) is 16.8. The summed E-state index contributed by atoms with van der Waals surface area (Å²) in [7, 11) is 0. The number of carbonyl (C=O) groups is 2. The van der Waals surface area contributed by atoms with Gasteiger partial charge in [-0.15, -0.1) is 0 Å². The van der Waals surface area contributed by atoms with E-state index in [0.29, 0.717) is 19.0 Å². The summed E-state index contributed by atoms with van der Waals surface area (Å²) in [5.74, 6) is 0.490. The number of hydrogen-bond acceptors (Lipinski definition) is 4. The molecule has 0 saturated carbocycles. The Balaban J connectivity index is 1.61. The molecule has 1 saturated heterocycles. The maximum absolute atomic E-state index is 11.8. The molecule has 1 aliphatic heterocycles. The molecule has 1 amide bonds. The molecule has 0 atom stereocenters. The van der Waals surface area contributed by atoms with Crippen molar-refractivity contribution >= 4 is 11.9 Å². The zero-order valence-corrected chi connectivity index (χ0v) is 12.1. The Hall–Kier alpha value is -1.82. The largest absolute Gasteiger partial charge is 0.481 e. The Morgan fingerprint density at radius 1 is 1.38 bits per heavy atom. The Labute approximate surface area is 124 Å². The molecule has 6 heteroatoms. The van der Waals surface area contributed by atoms with E-state index in [1.54, 1.807) is 12.3 Å². The number of carboxylic acid groups (broad SMARTS) is 1. The number of amides is 1. The first-order chi connectivity index (χ1) is 10.1. The fourth-order valence-corrected chi connectivity index (χ4v) is 2.62. The van der Waals surface area contributed by atoms with E-state index in [2.05, 4.69) is 10.2 Å². The fraction of sp³-hybridized carbons (Fsp3) is 0.600. The van der Waals surface area contributed by atoms with Crippen molar-refractivity contribution in [2.24, 2.45) is 5.92 Å². The van der Waals surface area contributed by atoms with Crippen molar-refractivity contribution in [1.29, 1.82) is 0 Å². The minimum absolute atomic E-state index is 0.00427. The van der Waals surface area contributed by atoms with E-state index in [0.717, 1.165) is 38.1 Å². The quantitative estimate of drug-likeness (QED) is 0.796. The molecule has 0 spiro atoms. The molecule has 1 fully saturated rings. The summed E-state index contributed by atoms with van der Waals surface area (Å²) >= 11 is 0. The first kappa shape index (κ1) is 15.6. The predicted molar refractivity (Wildman–Crippen MR) is 76.6 cm³/mol. The Morgan fingerprint density at radius 2 is 2.14 bits per heavy atom. The molecule has 116 valence electrons. The minimum Gasteiger partial charge on any atom is -0.481 e. The van der Waals surface area contributed by atoms with Gasteiger partial charge in [-0.05, 0) is 50.4 Å². The molecule has 1 aromatic heterocycles. The lowest BCUT2D eigenvalue weighted by Crippen LogP contribution is -2.41. The van der Waals surface area contributed by atoms with Crippen molar-refractivity contribution in [3.05, 3.63) is 24.2 Å². The second-order valence-electron chi connectivity index (χ2n) is 5.51. The van der Waals surface area contributed by atoms with Gasteiger partial charge < -0.3 is 14.8 Å². The summed E-state index contributed by atoms with van der Waals surface area (Å²) in [6.45, 7) is 2.53. The van der Waals surface area contributed by atoms with E-state index in [4.69, 9.17) is 9.52 Å². The van der Waals surface area contributed by atoms with Crippen LogP contribution in [0.25, 0.3) is 0 Å². The van der Waals surface area contributed by atoms with Crippen LogP contribution >= 0.6 is 0 Å². The lowest BCUT2D eigenvalue weighted by molar-refractivity contribution is -0.137. The highest BCUT2D eigenvalue weighted by molar-refractivity contribution is 5.77. The van der Waals surface area contributed by atoms with Gasteiger partial charge in [0.05, 0.1) is 19.4 Å². The van der Waals surface area contributed by atoms with Gasteiger partial charge >= 0.3 is 5.97 Å². The molecule has 2 N–H and O–H groups in total. The van der Waals surface area contributed by atoms with Crippen LogP contribution in [-0.2, 0) is 16.1 Å². The summed E-state index contributed by atoms with van der Waals surface area (Å²) in [5, 5.41) is 11.5. The van der Waals surface area contributed by atoms with Crippen LogP contribution in [0.5, 0.6) is 0 Å². The van der Waals surface area contributed by atoms with Crippen LogP contribution in [-0.4, -0.2) is 41.5 Å². The fourth-order valence-electron chi connectivity index (χ4n) is 2.62. The number of piperidine rings is 1. The zero-order valence-electron chi connectivity index (χ0n) is 12.1. The second kappa shape index (κ2) is 7.83. The molecule has 0 aromatic carbocycles. The summed E-state index contributed by atoms with van der Waals surface area (Å²) in [6.07, 6.45) is 4.52. The van der Waals surface area contributed by atoms with E-state index >= 15 is 0 Å². The monoisotopic (exact) mass is 294 g/mol. The van der Waals surface area contributed by atoms with Gasteiger partial charge in [0.15, 0.2) is 0 Å². The van der Waals surface area contributed by atoms with Crippen LogP contribution in [0.3, 0.4) is 0 Å². The molecule has 6 nitrogen and oxygen atoms in total. The third-order valence-corrected chi connectivity index (χ3v) is 3.88. The molecular formula is C15H22N2O4. The number of carboxylic acids is 1. The topological polar surface area (TPSA) is 82.8 Å². The molecule has 0 unspecified atom stereocenters. The van der Waals surface area contributed by atoms with Crippen LogP contribution in [0.2, 0.25) is 0 Å². The van der Waals surface area contributed by atoms with Gasteiger partial charge in [-0.1, -0.05) is 0 Å². The van der Waals surface area contributed by atoms with E-state index in [-0.39, 0.29) is 12.3 Å². The zero-order chi connectivity index (χ0) is 15.1. The molecular weight excluding hydrogens is 272 g/mol. The predicted octanol–water partition coefficient (Wildman–Crippen LogP) is 1.47. The lowest BCUT2D eigenvalue weighted by Gasteiger charge is -2.31. The first-order valence-electron chi connectivity index (χ1n) is 7.36. The third kappa shape index (κ3) is 5.59. The number of carbonyl (C=O) groups excluding carboxylic acids is 1. The maximum atomic E-state index is 11.8. The number of likely N-dealkylation sites (tertiary alicyclic amines) is 1. The molecule has 1 aromatic rings. The van der Waals surface area contributed by atoms with Crippen molar-refractivity contribution in [3.8, 4) is 0 Å². The highest BCUT2D eigenvalue weighted by Gasteiger charge is 2.21. The standard InChI is InChI=1S/C15H22N2O4/c18-14(16-10-13-2-1-9-21-13)11-17-7-5-12(6-8-17)3-4-15(19)20/h1-2,9,12H,3-8,10-11H2,(H,16,18)(H,19,20). The summed E-state index contributed by atoms with van der Waals surface area (Å²) in [4.78, 5) is 24.5. The average Bonchev–Trinajstić information content (AvgIpc) is 2.98. The third-order valence-electron chi connectivity index (χ3n) is 3.88. The van der Waals surface area contributed by atoms with Crippen molar-refractivity contribution < 1.29 is 19.1 Å². The van der Waals surface area contributed by atoms with Crippen molar-refractivity contribution in [1.82, 2.24) is 10.2 Å².